The van der Waals surface area contributed by atoms with Crippen molar-refractivity contribution in [2.24, 2.45) is 0 Å². The van der Waals surface area contributed by atoms with E-state index in [0.717, 1.165) is 17.7 Å². The Labute approximate surface area is 124 Å². The Balaban J connectivity index is 2.12. The highest BCUT2D eigenvalue weighted by molar-refractivity contribution is 6.00. The molecule has 1 nitrogen and oxygen atoms in total. The fraction of sp³-hybridized carbons (Fsp3) is 0.100. The van der Waals surface area contributed by atoms with Crippen molar-refractivity contribution < 1.29 is 0 Å². The van der Waals surface area contributed by atoms with Crippen molar-refractivity contribution in [3.05, 3.63) is 71.4 Å². The van der Waals surface area contributed by atoms with Gasteiger partial charge in [0.05, 0.1) is 0 Å². The van der Waals surface area contributed by atoms with Gasteiger partial charge in [-0.15, -0.1) is 0 Å². The van der Waals surface area contributed by atoms with Crippen LogP contribution in [0.25, 0.3) is 34.2 Å². The van der Waals surface area contributed by atoms with E-state index in [0.29, 0.717) is 0 Å². The number of benzene rings is 2. The molecular weight excluding hydrogens is 254 g/mol. The van der Waals surface area contributed by atoms with E-state index in [4.69, 9.17) is 0 Å². The van der Waals surface area contributed by atoms with E-state index < -0.39 is 0 Å². The first-order valence-corrected chi connectivity index (χ1v) is 7.26. The molecule has 0 saturated heterocycles. The van der Waals surface area contributed by atoms with Crippen LogP contribution in [0.5, 0.6) is 0 Å². The number of aromatic amines is 1. The van der Waals surface area contributed by atoms with Gasteiger partial charge in [-0.1, -0.05) is 43.5 Å². The number of fused-ring (bicyclic) bond motifs is 4. The molecule has 0 amide bonds. The number of nitrogens with one attached hydrogen (secondary N) is 1. The van der Waals surface area contributed by atoms with Gasteiger partial charge >= 0.3 is 0 Å². The number of hydrogen-bond donors (Lipinski definition) is 1. The van der Waals surface area contributed by atoms with Crippen molar-refractivity contribution in [3.8, 4) is 11.1 Å². The highest BCUT2D eigenvalue weighted by Gasteiger charge is 2.23. The zero-order valence-electron chi connectivity index (χ0n) is 12.2. The zero-order valence-corrected chi connectivity index (χ0v) is 12.2. The van der Waals surface area contributed by atoms with E-state index in [1.165, 1.54) is 38.7 Å². The highest BCUT2D eigenvalue weighted by atomic mass is 14.7. The molecule has 1 aliphatic rings. The highest BCUT2D eigenvalue weighted by Crippen LogP contribution is 2.42. The Bertz CT molecular complexity index is 909. The van der Waals surface area contributed by atoms with Crippen molar-refractivity contribution in [1.82, 2.24) is 4.98 Å². The molecule has 1 heteroatoms. The maximum Gasteiger partial charge on any atom is 0.0473 e. The predicted molar refractivity (Wildman–Crippen MR) is 91.5 cm³/mol. The van der Waals surface area contributed by atoms with Crippen LogP contribution in [-0.4, -0.2) is 4.98 Å². The third-order valence-electron chi connectivity index (χ3n) is 4.62. The Morgan fingerprint density at radius 3 is 2.67 bits per heavy atom. The quantitative estimate of drug-likeness (QED) is 0.507. The zero-order chi connectivity index (χ0) is 14.6. The van der Waals surface area contributed by atoms with Gasteiger partial charge in [0, 0.05) is 22.2 Å². The molecule has 0 atom stereocenters. The molecule has 3 aromatic rings. The molecule has 1 heterocycles. The summed E-state index contributed by atoms with van der Waals surface area (Å²) in [6.45, 7) is 10.1. The number of aromatic nitrogens is 1. The average Bonchev–Trinajstić information content (AvgIpc) is 3.06. The van der Waals surface area contributed by atoms with Crippen LogP contribution in [0.15, 0.2) is 43.5 Å². The summed E-state index contributed by atoms with van der Waals surface area (Å²) in [5, 5.41) is 1.28. The smallest absolute Gasteiger partial charge is 0.0473 e. The lowest BCUT2D eigenvalue weighted by Gasteiger charge is -2.07. The maximum absolute atomic E-state index is 3.97. The summed E-state index contributed by atoms with van der Waals surface area (Å²) in [5.41, 5.74) is 10.4. The summed E-state index contributed by atoms with van der Waals surface area (Å²) >= 11 is 0. The molecule has 0 fully saturated rings. The number of rotatable bonds is 2. The second-order valence-electron chi connectivity index (χ2n) is 5.64. The van der Waals surface area contributed by atoms with Crippen molar-refractivity contribution in [1.29, 1.82) is 0 Å². The first-order valence-electron chi connectivity index (χ1n) is 7.26. The summed E-state index contributed by atoms with van der Waals surface area (Å²) in [5.74, 6) is 0. The van der Waals surface area contributed by atoms with Gasteiger partial charge in [-0.05, 0) is 53.3 Å². The van der Waals surface area contributed by atoms with Crippen LogP contribution in [-0.2, 0) is 6.42 Å². The minimum Gasteiger partial charge on any atom is -0.355 e. The molecule has 1 N–H and O–H groups in total. The third kappa shape index (κ3) is 1.52. The third-order valence-corrected chi connectivity index (χ3v) is 4.62. The summed E-state index contributed by atoms with van der Waals surface area (Å²) in [6.07, 6.45) is 4.82. The van der Waals surface area contributed by atoms with Crippen LogP contribution in [0.1, 0.15) is 27.9 Å². The van der Waals surface area contributed by atoms with Gasteiger partial charge < -0.3 is 4.98 Å². The molecule has 1 aromatic heterocycles. The molecule has 0 radical (unpaired) electrons. The van der Waals surface area contributed by atoms with E-state index in [2.05, 4.69) is 55.4 Å². The van der Waals surface area contributed by atoms with Crippen LogP contribution in [0.3, 0.4) is 0 Å². The molecule has 0 unspecified atom stereocenters. The van der Waals surface area contributed by atoms with Crippen molar-refractivity contribution in [3.63, 3.8) is 0 Å². The summed E-state index contributed by atoms with van der Waals surface area (Å²) in [4.78, 5) is 3.48. The summed E-state index contributed by atoms with van der Waals surface area (Å²) < 4.78 is 0. The monoisotopic (exact) mass is 271 g/mol. The SMILES string of the molecule is C=Cc1[nH]c2cc3c(c(C)c2c1C=C)Cc1ccccc1-3. The molecule has 0 aliphatic heterocycles. The number of H-pyrrole nitrogens is 1. The summed E-state index contributed by atoms with van der Waals surface area (Å²) in [6, 6.07) is 11.0. The second-order valence-corrected chi connectivity index (χ2v) is 5.64. The molecule has 0 saturated carbocycles. The molecule has 4 rings (SSSR count). The van der Waals surface area contributed by atoms with Crippen molar-refractivity contribution in [2.45, 2.75) is 13.3 Å². The van der Waals surface area contributed by atoms with Gasteiger partial charge in [-0.25, -0.2) is 0 Å². The molecule has 2 aromatic carbocycles. The van der Waals surface area contributed by atoms with Gasteiger partial charge in [-0.2, -0.15) is 0 Å². The number of aryl methyl sites for hydroxylation is 1. The summed E-state index contributed by atoms with van der Waals surface area (Å²) in [7, 11) is 0. The predicted octanol–water partition coefficient (Wildman–Crippen LogP) is 5.33. The molecule has 21 heavy (non-hydrogen) atoms. The van der Waals surface area contributed by atoms with Gasteiger partial charge in [-0.3, -0.25) is 0 Å². The van der Waals surface area contributed by atoms with Crippen LogP contribution >= 0.6 is 0 Å². The minimum absolute atomic E-state index is 1.03. The van der Waals surface area contributed by atoms with Gasteiger partial charge in [0.2, 0.25) is 0 Å². The Kier molecular flexibility index (Phi) is 2.46. The largest absolute Gasteiger partial charge is 0.355 e. The van der Waals surface area contributed by atoms with Crippen molar-refractivity contribution >= 4 is 23.1 Å². The minimum atomic E-state index is 1.03. The Hall–Kier alpha value is -2.54. The lowest BCUT2D eigenvalue weighted by atomic mass is 9.96. The van der Waals surface area contributed by atoms with E-state index in [-0.39, 0.29) is 0 Å². The topological polar surface area (TPSA) is 15.8 Å². The van der Waals surface area contributed by atoms with Gasteiger partial charge in [0.1, 0.15) is 0 Å². The maximum atomic E-state index is 3.97. The fourth-order valence-electron chi connectivity index (χ4n) is 3.62. The number of hydrogen-bond acceptors (Lipinski definition) is 0. The van der Waals surface area contributed by atoms with Gasteiger partial charge in [0.25, 0.3) is 0 Å². The lowest BCUT2D eigenvalue weighted by molar-refractivity contribution is 1.23. The fourth-order valence-corrected chi connectivity index (χ4v) is 3.62. The molecule has 0 spiro atoms. The van der Waals surface area contributed by atoms with Gasteiger partial charge in [0.15, 0.2) is 0 Å². The first kappa shape index (κ1) is 12.2. The van der Waals surface area contributed by atoms with Crippen LogP contribution in [0.4, 0.5) is 0 Å². The van der Waals surface area contributed by atoms with Crippen LogP contribution in [0, 0.1) is 6.92 Å². The standard InChI is InChI=1S/C20H17N/c1-4-14-18(5-2)21-19-11-17-15-9-7-6-8-13(15)10-16(17)12(3)20(14)19/h4-9,11,21H,1-2,10H2,3H3. The normalized spacial score (nSPS) is 12.2. The lowest BCUT2D eigenvalue weighted by Crippen LogP contribution is -1.88. The molecule has 102 valence electrons. The van der Waals surface area contributed by atoms with Crippen LogP contribution < -0.4 is 0 Å². The van der Waals surface area contributed by atoms with Crippen LogP contribution in [0.2, 0.25) is 0 Å². The molecule has 0 bridgehead atoms. The first-order chi connectivity index (χ1) is 10.2. The Morgan fingerprint density at radius 1 is 1.10 bits per heavy atom. The molecule has 1 aliphatic carbocycles. The Morgan fingerprint density at radius 2 is 1.90 bits per heavy atom. The van der Waals surface area contributed by atoms with E-state index >= 15 is 0 Å². The van der Waals surface area contributed by atoms with E-state index in [1.54, 1.807) is 0 Å². The molecular formula is C20H17N. The van der Waals surface area contributed by atoms with E-state index in [9.17, 15) is 0 Å². The average molecular weight is 271 g/mol. The van der Waals surface area contributed by atoms with E-state index in [1.807, 2.05) is 12.2 Å². The second kappa shape index (κ2) is 4.23. The van der Waals surface area contributed by atoms with Crippen molar-refractivity contribution in [2.75, 3.05) is 0 Å².